The number of aromatic nitrogens is 4. The van der Waals surface area contributed by atoms with Gasteiger partial charge in [-0.1, -0.05) is 6.08 Å². The molecule has 0 unspecified atom stereocenters. The van der Waals surface area contributed by atoms with Crippen LogP contribution in [-0.4, -0.2) is 19.6 Å². The predicted octanol–water partition coefficient (Wildman–Crippen LogP) is 1.12. The summed E-state index contributed by atoms with van der Waals surface area (Å²) in [6.45, 7) is 4.41. The zero-order chi connectivity index (χ0) is 14.7. The second kappa shape index (κ2) is 5.91. The molecule has 0 aliphatic heterocycles. The Bertz CT molecular complexity index is 690. The van der Waals surface area contributed by atoms with Gasteiger partial charge in [0.25, 0.3) is 5.56 Å². The molecule has 0 fully saturated rings. The summed E-state index contributed by atoms with van der Waals surface area (Å²) in [6, 6.07) is 0. The van der Waals surface area contributed by atoms with Crippen LogP contribution in [0, 0.1) is 0 Å². The third-order valence-electron chi connectivity index (χ3n) is 2.82. The first-order chi connectivity index (χ1) is 9.54. The maximum absolute atomic E-state index is 12.0. The van der Waals surface area contributed by atoms with Gasteiger partial charge in [0.2, 0.25) is 0 Å². The maximum atomic E-state index is 12.0. The number of hydrogen-bond acceptors (Lipinski definition) is 5. The van der Waals surface area contributed by atoms with Crippen molar-refractivity contribution in [3.05, 3.63) is 45.4 Å². The van der Waals surface area contributed by atoms with Gasteiger partial charge in [-0.05, 0) is 15.9 Å². The third kappa shape index (κ3) is 2.74. The van der Waals surface area contributed by atoms with E-state index >= 15 is 0 Å². The van der Waals surface area contributed by atoms with Crippen molar-refractivity contribution in [1.29, 1.82) is 0 Å². The Morgan fingerprint density at radius 2 is 2.25 bits per heavy atom. The zero-order valence-electron chi connectivity index (χ0n) is 11.0. The highest BCUT2D eigenvalue weighted by Gasteiger charge is 2.09. The van der Waals surface area contributed by atoms with Gasteiger partial charge in [-0.25, -0.2) is 4.68 Å². The number of hydrogen-bond donors (Lipinski definition) is 2. The summed E-state index contributed by atoms with van der Waals surface area (Å²) in [7, 11) is 1.77. The molecule has 0 bridgehead atoms. The first kappa shape index (κ1) is 14.3. The van der Waals surface area contributed by atoms with Crippen molar-refractivity contribution in [3.8, 4) is 0 Å². The van der Waals surface area contributed by atoms with Gasteiger partial charge in [0, 0.05) is 19.2 Å². The van der Waals surface area contributed by atoms with E-state index < -0.39 is 0 Å². The predicted molar refractivity (Wildman–Crippen MR) is 81.3 cm³/mol. The number of nitrogens with zero attached hydrogens (tertiary/aromatic N) is 4. The number of aryl methyl sites for hydroxylation is 1. The summed E-state index contributed by atoms with van der Waals surface area (Å²) in [4.78, 5) is 12.0. The Morgan fingerprint density at radius 3 is 2.85 bits per heavy atom. The van der Waals surface area contributed by atoms with Gasteiger partial charge in [0.15, 0.2) is 0 Å². The highest BCUT2D eigenvalue weighted by atomic mass is 79.9. The van der Waals surface area contributed by atoms with Gasteiger partial charge < -0.3 is 11.1 Å². The van der Waals surface area contributed by atoms with Crippen molar-refractivity contribution in [2.75, 3.05) is 11.1 Å². The number of nitrogens with one attached hydrogen (secondary N) is 1. The summed E-state index contributed by atoms with van der Waals surface area (Å²) in [5, 5.41) is 11.2. The highest BCUT2D eigenvalue weighted by molar-refractivity contribution is 9.10. The molecular formula is C12H15BrN6O. The van der Waals surface area contributed by atoms with Crippen LogP contribution in [0.2, 0.25) is 0 Å². The van der Waals surface area contributed by atoms with Crippen molar-refractivity contribution in [1.82, 2.24) is 19.6 Å². The molecule has 0 radical (unpaired) electrons. The quantitative estimate of drug-likeness (QED) is 0.797. The van der Waals surface area contributed by atoms with Crippen LogP contribution in [-0.2, 0) is 20.1 Å². The normalized spacial score (nSPS) is 10.5. The fourth-order valence-electron chi connectivity index (χ4n) is 1.66. The topological polar surface area (TPSA) is 90.8 Å². The van der Waals surface area contributed by atoms with E-state index in [-0.39, 0.29) is 5.56 Å². The minimum absolute atomic E-state index is 0.214. The van der Waals surface area contributed by atoms with Crippen LogP contribution >= 0.6 is 15.9 Å². The molecule has 8 heteroatoms. The second-order valence-electron chi connectivity index (χ2n) is 4.18. The van der Waals surface area contributed by atoms with E-state index in [2.05, 4.69) is 38.0 Å². The van der Waals surface area contributed by atoms with Gasteiger partial charge in [-0.3, -0.25) is 9.48 Å². The molecule has 2 aromatic heterocycles. The molecule has 2 aromatic rings. The lowest BCUT2D eigenvalue weighted by Gasteiger charge is -2.09. The summed E-state index contributed by atoms with van der Waals surface area (Å²) in [5.41, 5.74) is 7.11. The smallest absolute Gasteiger partial charge is 0.283 e. The molecule has 0 saturated carbocycles. The lowest BCUT2D eigenvalue weighted by Crippen LogP contribution is -2.23. The van der Waals surface area contributed by atoms with E-state index in [1.807, 2.05) is 0 Å². The molecule has 0 aromatic carbocycles. The van der Waals surface area contributed by atoms with Crippen LogP contribution in [0.5, 0.6) is 0 Å². The van der Waals surface area contributed by atoms with Crippen molar-refractivity contribution in [2.45, 2.75) is 13.1 Å². The lowest BCUT2D eigenvalue weighted by atomic mass is 10.3. The maximum Gasteiger partial charge on any atom is 0.283 e. The first-order valence-corrected chi connectivity index (χ1v) is 6.70. The van der Waals surface area contributed by atoms with Crippen molar-refractivity contribution < 1.29 is 0 Å². The van der Waals surface area contributed by atoms with Crippen LogP contribution in [0.4, 0.5) is 11.5 Å². The molecule has 106 valence electrons. The largest absolute Gasteiger partial charge is 0.384 e. The summed E-state index contributed by atoms with van der Waals surface area (Å²) in [5.74, 6) is 0.585. The third-order valence-corrected chi connectivity index (χ3v) is 3.59. The van der Waals surface area contributed by atoms with Crippen molar-refractivity contribution >= 4 is 27.4 Å². The molecule has 3 N–H and O–H groups in total. The molecule has 0 aliphatic rings. The molecular weight excluding hydrogens is 324 g/mol. The van der Waals surface area contributed by atoms with Gasteiger partial charge in [-0.2, -0.15) is 10.2 Å². The Balaban J connectivity index is 2.18. The van der Waals surface area contributed by atoms with Crippen LogP contribution in [0.15, 0.2) is 34.3 Å². The van der Waals surface area contributed by atoms with Crippen molar-refractivity contribution in [2.24, 2.45) is 7.05 Å². The van der Waals surface area contributed by atoms with Crippen LogP contribution in [0.25, 0.3) is 0 Å². The van der Waals surface area contributed by atoms with Crippen molar-refractivity contribution in [3.63, 3.8) is 0 Å². The van der Waals surface area contributed by atoms with E-state index in [1.54, 1.807) is 30.2 Å². The standard InChI is InChI=1S/C12H15BrN6O/c1-3-4-19-12(20)10(13)9(7-17-19)15-5-8-6-16-18(2)11(8)14/h3,6-7,15H,1,4-5,14H2,2H3. The molecule has 0 saturated heterocycles. The Hall–Kier alpha value is -2.09. The minimum atomic E-state index is -0.214. The van der Waals surface area contributed by atoms with E-state index in [4.69, 9.17) is 5.73 Å². The Morgan fingerprint density at radius 1 is 1.50 bits per heavy atom. The molecule has 0 amide bonds. The van der Waals surface area contributed by atoms with Crippen LogP contribution in [0.3, 0.4) is 0 Å². The van der Waals surface area contributed by atoms with E-state index in [1.165, 1.54) is 4.68 Å². The second-order valence-corrected chi connectivity index (χ2v) is 4.97. The summed E-state index contributed by atoms with van der Waals surface area (Å²) < 4.78 is 3.34. The van der Waals surface area contributed by atoms with Gasteiger partial charge in [0.05, 0.1) is 24.6 Å². The van der Waals surface area contributed by atoms with E-state index in [0.717, 1.165) is 5.56 Å². The number of rotatable bonds is 5. The average molecular weight is 339 g/mol. The van der Waals surface area contributed by atoms with E-state index in [0.29, 0.717) is 29.1 Å². The fourth-order valence-corrected chi connectivity index (χ4v) is 2.11. The Kier molecular flexibility index (Phi) is 4.23. The first-order valence-electron chi connectivity index (χ1n) is 5.91. The molecule has 2 heterocycles. The molecule has 0 spiro atoms. The number of halogens is 1. The van der Waals surface area contributed by atoms with Gasteiger partial charge >= 0.3 is 0 Å². The zero-order valence-corrected chi connectivity index (χ0v) is 12.6. The van der Waals surface area contributed by atoms with Gasteiger partial charge in [-0.15, -0.1) is 6.58 Å². The average Bonchev–Trinajstić information content (AvgIpc) is 2.75. The van der Waals surface area contributed by atoms with Crippen LogP contribution in [0.1, 0.15) is 5.56 Å². The highest BCUT2D eigenvalue weighted by Crippen LogP contribution is 2.18. The number of allylic oxidation sites excluding steroid dienone is 1. The van der Waals surface area contributed by atoms with Gasteiger partial charge in [0.1, 0.15) is 10.3 Å². The SMILES string of the molecule is C=CCn1ncc(NCc2cnn(C)c2N)c(Br)c1=O. The Labute approximate surface area is 124 Å². The monoisotopic (exact) mass is 338 g/mol. The van der Waals surface area contributed by atoms with Crippen LogP contribution < -0.4 is 16.6 Å². The molecule has 0 atom stereocenters. The van der Waals surface area contributed by atoms with E-state index in [9.17, 15) is 4.79 Å². The summed E-state index contributed by atoms with van der Waals surface area (Å²) >= 11 is 3.28. The molecule has 20 heavy (non-hydrogen) atoms. The molecule has 0 aliphatic carbocycles. The lowest BCUT2D eigenvalue weighted by molar-refractivity contribution is 0.649. The molecule has 2 rings (SSSR count). The number of nitrogen functional groups attached to an aromatic ring is 1. The number of anilines is 2. The molecule has 7 nitrogen and oxygen atoms in total. The summed E-state index contributed by atoms with van der Waals surface area (Å²) in [6.07, 6.45) is 4.88. The number of nitrogens with two attached hydrogens (primary N) is 1. The minimum Gasteiger partial charge on any atom is -0.384 e. The fraction of sp³-hybridized carbons (Fsp3) is 0.250.